The number of carbonyl (C=O) groups excluding carboxylic acids is 2. The molecule has 2 N–H and O–H groups in total. The summed E-state index contributed by atoms with van der Waals surface area (Å²) in [4.78, 5) is 26.2. The Morgan fingerprint density at radius 2 is 1.81 bits per heavy atom. The van der Waals surface area contributed by atoms with Crippen LogP contribution in [0, 0.1) is 0 Å². The average molecular weight is 441 g/mol. The standard InChI is InChI=1S/C23H24N2O5S/c1-15(31-17-10-11-20(28-2)21(13-17)29-3)22(26)25-19-9-5-4-8-18(19)23(27)24-14-16-7-6-12-30-16/h4-13,15H,14H2,1-3H3,(H,24,27)(H,25,26)/t15-/m0/s1. The number of thioether (sulfide) groups is 1. The van der Waals surface area contributed by atoms with E-state index >= 15 is 0 Å². The van der Waals surface area contributed by atoms with Gasteiger partial charge in [0.05, 0.1) is 43.5 Å². The van der Waals surface area contributed by atoms with Gasteiger partial charge in [-0.25, -0.2) is 0 Å². The number of anilines is 1. The van der Waals surface area contributed by atoms with Crippen LogP contribution in [0.3, 0.4) is 0 Å². The number of furan rings is 1. The summed E-state index contributed by atoms with van der Waals surface area (Å²) in [6, 6.07) is 15.9. The van der Waals surface area contributed by atoms with Gasteiger partial charge in [-0.3, -0.25) is 9.59 Å². The Morgan fingerprint density at radius 1 is 1.03 bits per heavy atom. The van der Waals surface area contributed by atoms with Crippen LogP contribution < -0.4 is 20.1 Å². The van der Waals surface area contributed by atoms with Gasteiger partial charge >= 0.3 is 0 Å². The lowest BCUT2D eigenvalue weighted by molar-refractivity contribution is -0.115. The number of amides is 2. The van der Waals surface area contributed by atoms with E-state index in [0.29, 0.717) is 28.5 Å². The van der Waals surface area contributed by atoms with E-state index < -0.39 is 5.25 Å². The Morgan fingerprint density at radius 3 is 2.52 bits per heavy atom. The number of rotatable bonds is 9. The first-order valence-electron chi connectivity index (χ1n) is 9.61. The molecule has 3 rings (SSSR count). The molecule has 0 radical (unpaired) electrons. The smallest absolute Gasteiger partial charge is 0.253 e. The van der Waals surface area contributed by atoms with E-state index in [-0.39, 0.29) is 18.4 Å². The highest BCUT2D eigenvalue weighted by Gasteiger charge is 2.19. The third kappa shape index (κ3) is 5.82. The molecule has 0 bridgehead atoms. The molecule has 162 valence electrons. The first-order valence-corrected chi connectivity index (χ1v) is 10.5. The van der Waals surface area contributed by atoms with Crippen LogP contribution >= 0.6 is 11.8 Å². The minimum absolute atomic E-state index is 0.217. The molecule has 8 heteroatoms. The number of methoxy groups -OCH3 is 2. The lowest BCUT2D eigenvalue weighted by Gasteiger charge is -2.15. The molecule has 31 heavy (non-hydrogen) atoms. The van der Waals surface area contributed by atoms with Gasteiger partial charge in [0.2, 0.25) is 5.91 Å². The SMILES string of the molecule is COc1ccc(S[C@@H](C)C(=O)Nc2ccccc2C(=O)NCc2ccco2)cc1OC. The van der Waals surface area contributed by atoms with Crippen LogP contribution in [0.25, 0.3) is 0 Å². The van der Waals surface area contributed by atoms with Crippen molar-refractivity contribution in [3.8, 4) is 11.5 Å². The van der Waals surface area contributed by atoms with E-state index in [4.69, 9.17) is 13.9 Å². The molecular formula is C23H24N2O5S. The van der Waals surface area contributed by atoms with Crippen molar-refractivity contribution in [1.82, 2.24) is 5.32 Å². The van der Waals surface area contributed by atoms with Gasteiger partial charge in [-0.15, -0.1) is 11.8 Å². The molecule has 7 nitrogen and oxygen atoms in total. The Hall–Kier alpha value is -3.39. The first-order chi connectivity index (χ1) is 15.0. The monoisotopic (exact) mass is 440 g/mol. The van der Waals surface area contributed by atoms with E-state index in [1.807, 2.05) is 12.1 Å². The van der Waals surface area contributed by atoms with Crippen molar-refractivity contribution in [3.63, 3.8) is 0 Å². The molecule has 0 aliphatic rings. The van der Waals surface area contributed by atoms with Crippen LogP contribution in [0.4, 0.5) is 5.69 Å². The second-order valence-electron chi connectivity index (χ2n) is 6.57. The van der Waals surface area contributed by atoms with Crippen molar-refractivity contribution < 1.29 is 23.5 Å². The number of para-hydroxylation sites is 1. The highest BCUT2D eigenvalue weighted by atomic mass is 32.2. The van der Waals surface area contributed by atoms with Crippen LogP contribution in [-0.2, 0) is 11.3 Å². The second kappa shape index (κ2) is 10.6. The Bertz CT molecular complexity index is 1040. The third-order valence-corrected chi connectivity index (χ3v) is 5.56. The molecule has 1 aromatic heterocycles. The lowest BCUT2D eigenvalue weighted by Crippen LogP contribution is -2.27. The summed E-state index contributed by atoms with van der Waals surface area (Å²) in [5.41, 5.74) is 0.829. The van der Waals surface area contributed by atoms with Crippen molar-refractivity contribution in [1.29, 1.82) is 0 Å². The molecule has 1 atom stereocenters. The van der Waals surface area contributed by atoms with E-state index in [9.17, 15) is 9.59 Å². The van der Waals surface area contributed by atoms with Crippen LogP contribution in [0.5, 0.6) is 11.5 Å². The molecule has 0 spiro atoms. The predicted molar refractivity (Wildman–Crippen MR) is 120 cm³/mol. The second-order valence-corrected chi connectivity index (χ2v) is 7.99. The summed E-state index contributed by atoms with van der Waals surface area (Å²) >= 11 is 1.38. The largest absolute Gasteiger partial charge is 0.493 e. The molecule has 3 aromatic rings. The van der Waals surface area contributed by atoms with Gasteiger partial charge in [-0.1, -0.05) is 12.1 Å². The topological polar surface area (TPSA) is 89.8 Å². The summed E-state index contributed by atoms with van der Waals surface area (Å²) in [7, 11) is 3.14. The predicted octanol–water partition coefficient (Wildman–Crippen LogP) is 4.35. The molecule has 0 saturated heterocycles. The number of hydrogen-bond acceptors (Lipinski definition) is 6. The number of hydrogen-bond donors (Lipinski definition) is 2. The molecule has 0 aliphatic heterocycles. The highest BCUT2D eigenvalue weighted by molar-refractivity contribution is 8.00. The van der Waals surface area contributed by atoms with Crippen molar-refractivity contribution in [2.45, 2.75) is 23.6 Å². The lowest BCUT2D eigenvalue weighted by atomic mass is 10.1. The molecular weight excluding hydrogens is 416 g/mol. The maximum atomic E-state index is 12.8. The van der Waals surface area contributed by atoms with Crippen molar-refractivity contribution in [3.05, 3.63) is 72.2 Å². The van der Waals surface area contributed by atoms with Gasteiger partial charge in [-0.05, 0) is 49.4 Å². The van der Waals surface area contributed by atoms with Gasteiger partial charge in [0.15, 0.2) is 11.5 Å². The van der Waals surface area contributed by atoms with Gasteiger partial charge in [0.25, 0.3) is 5.91 Å². The number of carbonyl (C=O) groups is 2. The molecule has 2 amide bonds. The maximum absolute atomic E-state index is 12.8. The Kier molecular flexibility index (Phi) is 7.61. The molecule has 0 fully saturated rings. The molecule has 0 aliphatic carbocycles. The maximum Gasteiger partial charge on any atom is 0.253 e. The zero-order valence-electron chi connectivity index (χ0n) is 17.5. The van der Waals surface area contributed by atoms with E-state index in [1.165, 1.54) is 11.8 Å². The Balaban J connectivity index is 1.65. The number of ether oxygens (including phenoxy) is 2. The fraction of sp³-hybridized carbons (Fsp3) is 0.217. The van der Waals surface area contributed by atoms with Crippen molar-refractivity contribution >= 4 is 29.3 Å². The normalized spacial score (nSPS) is 11.5. The molecule has 1 heterocycles. The quantitative estimate of drug-likeness (QED) is 0.481. The van der Waals surface area contributed by atoms with Gasteiger partial charge < -0.3 is 24.5 Å². The zero-order chi connectivity index (χ0) is 22.2. The average Bonchev–Trinajstić information content (AvgIpc) is 3.31. The fourth-order valence-corrected chi connectivity index (χ4v) is 3.74. The molecule has 0 unspecified atom stereocenters. The van der Waals surface area contributed by atoms with Crippen LogP contribution in [-0.4, -0.2) is 31.3 Å². The summed E-state index contributed by atoms with van der Waals surface area (Å²) in [6.07, 6.45) is 1.55. The van der Waals surface area contributed by atoms with Crippen molar-refractivity contribution in [2.75, 3.05) is 19.5 Å². The van der Waals surface area contributed by atoms with Crippen LogP contribution in [0.1, 0.15) is 23.0 Å². The minimum Gasteiger partial charge on any atom is -0.493 e. The van der Waals surface area contributed by atoms with Gasteiger partial charge in [0.1, 0.15) is 5.76 Å². The van der Waals surface area contributed by atoms with Gasteiger partial charge in [0, 0.05) is 4.90 Å². The van der Waals surface area contributed by atoms with Gasteiger partial charge in [-0.2, -0.15) is 0 Å². The van der Waals surface area contributed by atoms with E-state index in [1.54, 1.807) is 69.9 Å². The fourth-order valence-electron chi connectivity index (χ4n) is 2.85. The number of benzene rings is 2. The zero-order valence-corrected chi connectivity index (χ0v) is 18.3. The van der Waals surface area contributed by atoms with E-state index in [2.05, 4.69) is 10.6 Å². The number of nitrogens with one attached hydrogen (secondary N) is 2. The van der Waals surface area contributed by atoms with Crippen LogP contribution in [0.2, 0.25) is 0 Å². The molecule has 0 saturated carbocycles. The first kappa shape index (κ1) is 22.3. The Labute approximate surface area is 185 Å². The summed E-state index contributed by atoms with van der Waals surface area (Å²) in [5.74, 6) is 1.35. The third-order valence-electron chi connectivity index (χ3n) is 4.47. The summed E-state index contributed by atoms with van der Waals surface area (Å²) < 4.78 is 15.8. The van der Waals surface area contributed by atoms with E-state index in [0.717, 1.165) is 4.90 Å². The summed E-state index contributed by atoms with van der Waals surface area (Å²) in [6.45, 7) is 2.07. The highest BCUT2D eigenvalue weighted by Crippen LogP contribution is 2.33. The molecule has 2 aromatic carbocycles. The summed E-state index contributed by atoms with van der Waals surface area (Å²) in [5, 5.41) is 5.24. The minimum atomic E-state index is -0.405. The van der Waals surface area contributed by atoms with Crippen LogP contribution in [0.15, 0.2) is 70.2 Å². The van der Waals surface area contributed by atoms with Crippen molar-refractivity contribution in [2.24, 2.45) is 0 Å².